The van der Waals surface area contributed by atoms with Gasteiger partial charge in [-0.25, -0.2) is 0 Å². The lowest BCUT2D eigenvalue weighted by Gasteiger charge is -2.10. The topological polar surface area (TPSA) is 38.0 Å². The molecular weight excluding hydrogens is 308 g/mol. The van der Waals surface area contributed by atoms with Crippen molar-refractivity contribution in [3.63, 3.8) is 0 Å². The minimum Gasteiger partial charge on any atom is -0.389 e. The number of nitrogens with two attached hydrogens (primary N) is 1. The number of anilines is 1. The summed E-state index contributed by atoms with van der Waals surface area (Å²) in [5.74, 6) is 0. The first kappa shape index (κ1) is 13.8. The molecule has 0 radical (unpaired) electrons. The molecule has 0 saturated heterocycles. The Kier molecular flexibility index (Phi) is 3.23. The van der Waals surface area contributed by atoms with E-state index in [9.17, 15) is 0 Å². The highest BCUT2D eigenvalue weighted by atomic mass is 79.9. The standard InChI is InChI=1S/C14H19BrN2S/c1-13(2)12(14(13,3)4)17-8-5-6-9(11(16)18)10(15)7-8/h5-7,12,17H,1-4H3,(H2,16,18). The van der Waals surface area contributed by atoms with Gasteiger partial charge in [-0.15, -0.1) is 0 Å². The minimum absolute atomic E-state index is 0.321. The van der Waals surface area contributed by atoms with Gasteiger partial charge in [-0.05, 0) is 45.0 Å². The van der Waals surface area contributed by atoms with E-state index in [0.717, 1.165) is 15.7 Å². The highest BCUT2D eigenvalue weighted by molar-refractivity contribution is 9.10. The predicted molar refractivity (Wildman–Crippen MR) is 85.0 cm³/mol. The Bertz CT molecular complexity index is 495. The first-order valence-corrected chi connectivity index (χ1v) is 7.24. The molecule has 1 aromatic rings. The normalized spacial score (nSPS) is 20.5. The van der Waals surface area contributed by atoms with Crippen LogP contribution >= 0.6 is 28.1 Å². The second kappa shape index (κ2) is 4.20. The number of thiocarbonyl (C=S) groups is 1. The van der Waals surface area contributed by atoms with Crippen LogP contribution in [0.5, 0.6) is 0 Å². The van der Waals surface area contributed by atoms with Crippen LogP contribution in [-0.4, -0.2) is 11.0 Å². The molecule has 0 aliphatic heterocycles. The molecule has 98 valence electrons. The van der Waals surface area contributed by atoms with E-state index in [-0.39, 0.29) is 0 Å². The maximum absolute atomic E-state index is 5.65. The Hall–Kier alpha value is -0.610. The molecule has 0 amide bonds. The van der Waals surface area contributed by atoms with Crippen LogP contribution in [-0.2, 0) is 0 Å². The smallest absolute Gasteiger partial charge is 0.105 e. The molecule has 0 heterocycles. The first-order valence-electron chi connectivity index (χ1n) is 6.04. The van der Waals surface area contributed by atoms with Gasteiger partial charge in [0.1, 0.15) is 4.99 Å². The van der Waals surface area contributed by atoms with Crippen LogP contribution in [0, 0.1) is 10.8 Å². The van der Waals surface area contributed by atoms with E-state index in [1.54, 1.807) is 0 Å². The van der Waals surface area contributed by atoms with Crippen molar-refractivity contribution in [3.05, 3.63) is 28.2 Å². The van der Waals surface area contributed by atoms with Gasteiger partial charge in [-0.2, -0.15) is 0 Å². The second-order valence-corrected chi connectivity index (χ2v) is 7.37. The van der Waals surface area contributed by atoms with E-state index in [1.807, 2.05) is 18.2 Å². The van der Waals surface area contributed by atoms with Crippen LogP contribution in [0.15, 0.2) is 22.7 Å². The summed E-state index contributed by atoms with van der Waals surface area (Å²) in [7, 11) is 0. The lowest BCUT2D eigenvalue weighted by Crippen LogP contribution is -2.12. The highest BCUT2D eigenvalue weighted by Gasteiger charge is 2.64. The Morgan fingerprint density at radius 2 is 1.83 bits per heavy atom. The number of hydrogen-bond acceptors (Lipinski definition) is 2. The van der Waals surface area contributed by atoms with Gasteiger partial charge in [0.2, 0.25) is 0 Å². The molecule has 0 spiro atoms. The molecule has 1 aliphatic carbocycles. The lowest BCUT2D eigenvalue weighted by molar-refractivity contribution is 0.457. The third kappa shape index (κ3) is 2.05. The molecule has 2 nitrogen and oxygen atoms in total. The van der Waals surface area contributed by atoms with Crippen LogP contribution in [0.2, 0.25) is 0 Å². The molecule has 0 bridgehead atoms. The summed E-state index contributed by atoms with van der Waals surface area (Å²) in [6, 6.07) is 6.52. The van der Waals surface area contributed by atoms with Gasteiger partial charge in [0.05, 0.1) is 0 Å². The van der Waals surface area contributed by atoms with Gasteiger partial charge in [-0.1, -0.05) is 39.9 Å². The van der Waals surface area contributed by atoms with Crippen LogP contribution in [0.1, 0.15) is 33.3 Å². The summed E-state index contributed by atoms with van der Waals surface area (Å²) in [5, 5.41) is 3.59. The van der Waals surface area contributed by atoms with Crippen molar-refractivity contribution in [2.45, 2.75) is 33.7 Å². The maximum atomic E-state index is 5.65. The summed E-state index contributed by atoms with van der Waals surface area (Å²) in [6.45, 7) is 9.18. The molecule has 3 N–H and O–H groups in total. The Morgan fingerprint density at radius 1 is 1.28 bits per heavy atom. The Labute approximate surface area is 122 Å². The van der Waals surface area contributed by atoms with Crippen molar-refractivity contribution in [2.75, 3.05) is 5.32 Å². The Balaban J connectivity index is 2.18. The van der Waals surface area contributed by atoms with Gasteiger partial charge < -0.3 is 11.1 Å². The van der Waals surface area contributed by atoms with Crippen molar-refractivity contribution in [2.24, 2.45) is 16.6 Å². The van der Waals surface area contributed by atoms with Gasteiger partial charge in [0.25, 0.3) is 0 Å². The molecule has 1 aromatic carbocycles. The highest BCUT2D eigenvalue weighted by Crippen LogP contribution is 2.63. The lowest BCUT2D eigenvalue weighted by atomic mass is 10.0. The molecule has 0 atom stereocenters. The number of hydrogen-bond donors (Lipinski definition) is 2. The van der Waals surface area contributed by atoms with E-state index in [0.29, 0.717) is 21.9 Å². The molecule has 0 aromatic heterocycles. The van der Waals surface area contributed by atoms with Crippen LogP contribution < -0.4 is 11.1 Å². The molecule has 1 aliphatic rings. The van der Waals surface area contributed by atoms with Gasteiger partial charge >= 0.3 is 0 Å². The van der Waals surface area contributed by atoms with Gasteiger partial charge in [-0.3, -0.25) is 0 Å². The van der Waals surface area contributed by atoms with Crippen molar-refractivity contribution in [1.82, 2.24) is 0 Å². The maximum Gasteiger partial charge on any atom is 0.105 e. The molecule has 1 saturated carbocycles. The molecule has 18 heavy (non-hydrogen) atoms. The third-order valence-electron chi connectivity index (χ3n) is 4.57. The van der Waals surface area contributed by atoms with Gasteiger partial charge in [0.15, 0.2) is 0 Å². The van der Waals surface area contributed by atoms with E-state index in [4.69, 9.17) is 18.0 Å². The van der Waals surface area contributed by atoms with Crippen LogP contribution in [0.3, 0.4) is 0 Å². The quantitative estimate of drug-likeness (QED) is 0.826. The second-order valence-electron chi connectivity index (χ2n) is 6.08. The van der Waals surface area contributed by atoms with E-state index < -0.39 is 0 Å². The van der Waals surface area contributed by atoms with Crippen molar-refractivity contribution in [3.8, 4) is 0 Å². The fourth-order valence-corrected chi connectivity index (χ4v) is 3.43. The summed E-state index contributed by atoms with van der Waals surface area (Å²) < 4.78 is 0.941. The zero-order valence-electron chi connectivity index (χ0n) is 11.2. The largest absolute Gasteiger partial charge is 0.389 e. The van der Waals surface area contributed by atoms with Crippen LogP contribution in [0.25, 0.3) is 0 Å². The zero-order valence-corrected chi connectivity index (χ0v) is 13.6. The summed E-state index contributed by atoms with van der Waals surface area (Å²) in [5.41, 5.74) is 8.27. The average Bonchev–Trinajstić information content (AvgIpc) is 2.60. The van der Waals surface area contributed by atoms with Crippen molar-refractivity contribution < 1.29 is 0 Å². The molecular formula is C14H19BrN2S. The number of rotatable bonds is 3. The van der Waals surface area contributed by atoms with E-state index in [2.05, 4.69) is 48.9 Å². The SMILES string of the molecule is CC1(C)C(Nc2ccc(C(N)=S)c(Br)c2)C1(C)C. The summed E-state index contributed by atoms with van der Waals surface area (Å²) in [6.07, 6.45) is 0. The van der Waals surface area contributed by atoms with Gasteiger partial charge in [0, 0.05) is 21.8 Å². The summed E-state index contributed by atoms with van der Waals surface area (Å²) >= 11 is 8.50. The fraction of sp³-hybridized carbons (Fsp3) is 0.500. The Morgan fingerprint density at radius 3 is 2.22 bits per heavy atom. The first-order chi connectivity index (χ1) is 8.18. The van der Waals surface area contributed by atoms with E-state index >= 15 is 0 Å². The summed E-state index contributed by atoms with van der Waals surface area (Å²) in [4.78, 5) is 0.417. The monoisotopic (exact) mass is 326 g/mol. The van der Waals surface area contributed by atoms with E-state index in [1.165, 1.54) is 0 Å². The molecule has 1 fully saturated rings. The predicted octanol–water partition coefficient (Wildman–Crippen LogP) is 3.93. The van der Waals surface area contributed by atoms with Crippen molar-refractivity contribution in [1.29, 1.82) is 0 Å². The van der Waals surface area contributed by atoms with Crippen LogP contribution in [0.4, 0.5) is 5.69 Å². The third-order valence-corrected chi connectivity index (χ3v) is 5.44. The molecule has 0 unspecified atom stereocenters. The zero-order chi connectivity index (χ0) is 13.7. The minimum atomic E-state index is 0.321. The number of nitrogens with one attached hydrogen (secondary N) is 1. The number of benzene rings is 1. The molecule has 4 heteroatoms. The average molecular weight is 327 g/mol. The number of halogens is 1. The fourth-order valence-electron chi connectivity index (χ4n) is 2.53. The molecule has 2 rings (SSSR count). The van der Waals surface area contributed by atoms with Crippen molar-refractivity contribution >= 4 is 38.8 Å².